The van der Waals surface area contributed by atoms with Crippen molar-refractivity contribution in [3.05, 3.63) is 53.6 Å². The van der Waals surface area contributed by atoms with Crippen LogP contribution in [0.5, 0.6) is 5.75 Å². The van der Waals surface area contributed by atoms with Gasteiger partial charge in [-0.3, -0.25) is 0 Å². The molecule has 0 aliphatic carbocycles. The Kier molecular flexibility index (Phi) is 3.13. The van der Waals surface area contributed by atoms with Gasteiger partial charge in [0, 0.05) is 5.56 Å². The summed E-state index contributed by atoms with van der Waals surface area (Å²) < 4.78 is 31.2. The number of halogens is 2. The van der Waals surface area contributed by atoms with Crippen LogP contribution in [0.4, 0.5) is 8.78 Å². The maximum atomic E-state index is 13.2. The zero-order valence-electron chi connectivity index (χ0n) is 11.0. The number of rotatable bonds is 2. The highest BCUT2D eigenvalue weighted by Gasteiger charge is 2.15. The molecule has 4 nitrogen and oxygen atoms in total. The molecular weight excluding hydrogens is 278 g/mol. The highest BCUT2D eigenvalue weighted by atomic mass is 19.2. The molecule has 0 aliphatic rings. The first-order valence-corrected chi connectivity index (χ1v) is 6.14. The van der Waals surface area contributed by atoms with Crippen LogP contribution >= 0.6 is 0 Å². The number of phenols is 1. The summed E-state index contributed by atoms with van der Waals surface area (Å²) in [5.74, 6) is -1.71. The van der Waals surface area contributed by atoms with Crippen molar-refractivity contribution < 1.29 is 18.4 Å². The van der Waals surface area contributed by atoms with Crippen LogP contribution in [-0.2, 0) is 0 Å². The second-order valence-corrected chi connectivity index (χ2v) is 4.57. The summed E-state index contributed by atoms with van der Waals surface area (Å²) in [4.78, 5) is 4.09. The average molecular weight is 288 g/mol. The van der Waals surface area contributed by atoms with Gasteiger partial charge >= 0.3 is 0 Å². The van der Waals surface area contributed by atoms with E-state index in [9.17, 15) is 13.9 Å². The fourth-order valence-corrected chi connectivity index (χ4v) is 1.91. The molecule has 0 aliphatic heterocycles. The number of benzene rings is 2. The van der Waals surface area contributed by atoms with Crippen LogP contribution in [-0.4, -0.2) is 15.2 Å². The van der Waals surface area contributed by atoms with Crippen LogP contribution in [0.15, 0.2) is 40.9 Å². The van der Waals surface area contributed by atoms with E-state index in [0.717, 1.165) is 17.7 Å². The largest absolute Gasteiger partial charge is 0.507 e. The summed E-state index contributed by atoms with van der Waals surface area (Å²) in [5, 5.41) is 13.6. The number of hydrogen-bond acceptors (Lipinski definition) is 4. The highest BCUT2D eigenvalue weighted by molar-refractivity contribution is 5.65. The van der Waals surface area contributed by atoms with Gasteiger partial charge in [0.2, 0.25) is 5.82 Å². The minimum absolute atomic E-state index is 0.00971. The van der Waals surface area contributed by atoms with Gasteiger partial charge in [-0.2, -0.15) is 4.98 Å². The van der Waals surface area contributed by atoms with Crippen LogP contribution in [0.25, 0.3) is 22.8 Å². The van der Waals surface area contributed by atoms with Crippen molar-refractivity contribution in [3.8, 4) is 28.6 Å². The van der Waals surface area contributed by atoms with Gasteiger partial charge in [0.05, 0.1) is 5.56 Å². The third-order valence-electron chi connectivity index (χ3n) is 2.99. The monoisotopic (exact) mass is 288 g/mol. The Morgan fingerprint density at radius 3 is 2.57 bits per heavy atom. The standard InChI is InChI=1S/C15H10F2N2O2/c1-8-2-4-10(13(20)6-8)15-18-14(19-21-15)9-3-5-11(16)12(17)7-9/h2-7,20H,1H3. The molecule has 106 valence electrons. The molecule has 1 aromatic heterocycles. The SMILES string of the molecule is Cc1ccc(-c2nc(-c3ccc(F)c(F)c3)no2)c(O)c1. The zero-order chi connectivity index (χ0) is 15.0. The molecule has 0 amide bonds. The van der Waals surface area contributed by atoms with Gasteiger partial charge in [-0.15, -0.1) is 0 Å². The number of hydrogen-bond donors (Lipinski definition) is 1. The van der Waals surface area contributed by atoms with Crippen molar-refractivity contribution in [2.45, 2.75) is 6.92 Å². The molecule has 2 aromatic carbocycles. The summed E-state index contributed by atoms with van der Waals surface area (Å²) >= 11 is 0. The smallest absolute Gasteiger partial charge is 0.261 e. The molecule has 0 bridgehead atoms. The molecule has 0 atom stereocenters. The minimum atomic E-state index is -0.989. The molecular formula is C15H10F2N2O2. The molecule has 0 unspecified atom stereocenters. The fourth-order valence-electron chi connectivity index (χ4n) is 1.91. The van der Waals surface area contributed by atoms with Crippen molar-refractivity contribution >= 4 is 0 Å². The van der Waals surface area contributed by atoms with Crippen molar-refractivity contribution in [2.75, 3.05) is 0 Å². The lowest BCUT2D eigenvalue weighted by molar-refractivity contribution is 0.425. The molecule has 0 saturated carbocycles. The van der Waals surface area contributed by atoms with Gasteiger partial charge in [0.25, 0.3) is 5.89 Å². The summed E-state index contributed by atoms with van der Waals surface area (Å²) in [7, 11) is 0. The highest BCUT2D eigenvalue weighted by Crippen LogP contribution is 2.30. The Balaban J connectivity index is 2.01. The van der Waals surface area contributed by atoms with Crippen molar-refractivity contribution in [3.63, 3.8) is 0 Å². The molecule has 0 radical (unpaired) electrons. The molecule has 0 fully saturated rings. The van der Waals surface area contributed by atoms with Gasteiger partial charge in [-0.1, -0.05) is 11.2 Å². The average Bonchev–Trinajstić information content (AvgIpc) is 2.91. The summed E-state index contributed by atoms with van der Waals surface area (Å²) in [5.41, 5.74) is 1.55. The van der Waals surface area contributed by atoms with Crippen LogP contribution < -0.4 is 0 Å². The minimum Gasteiger partial charge on any atom is -0.507 e. The molecule has 1 heterocycles. The molecule has 0 saturated heterocycles. The fraction of sp³-hybridized carbons (Fsp3) is 0.0667. The second kappa shape index (κ2) is 4.97. The quantitative estimate of drug-likeness (QED) is 0.781. The third-order valence-corrected chi connectivity index (χ3v) is 2.99. The number of aryl methyl sites for hydroxylation is 1. The number of aromatic hydroxyl groups is 1. The lowest BCUT2D eigenvalue weighted by Gasteiger charge is -1.99. The van der Waals surface area contributed by atoms with Gasteiger partial charge in [0.1, 0.15) is 5.75 Å². The third kappa shape index (κ3) is 2.47. The normalized spacial score (nSPS) is 10.8. The molecule has 21 heavy (non-hydrogen) atoms. The van der Waals surface area contributed by atoms with Gasteiger partial charge in [-0.05, 0) is 42.8 Å². The van der Waals surface area contributed by atoms with E-state index in [4.69, 9.17) is 4.52 Å². The summed E-state index contributed by atoms with van der Waals surface area (Å²) in [6.07, 6.45) is 0. The number of nitrogens with zero attached hydrogens (tertiary/aromatic N) is 2. The first-order chi connectivity index (χ1) is 10.0. The Bertz CT molecular complexity index is 815. The molecule has 3 aromatic rings. The summed E-state index contributed by atoms with van der Waals surface area (Å²) in [6, 6.07) is 8.32. The van der Waals surface area contributed by atoms with E-state index >= 15 is 0 Å². The molecule has 3 rings (SSSR count). The molecule has 0 spiro atoms. The Morgan fingerprint density at radius 2 is 1.86 bits per heavy atom. The number of aromatic nitrogens is 2. The Morgan fingerprint density at radius 1 is 1.05 bits per heavy atom. The van der Waals surface area contributed by atoms with E-state index < -0.39 is 11.6 Å². The topological polar surface area (TPSA) is 59.2 Å². The lowest BCUT2D eigenvalue weighted by atomic mass is 10.1. The van der Waals surface area contributed by atoms with Crippen LogP contribution in [0.2, 0.25) is 0 Å². The Hall–Kier alpha value is -2.76. The maximum Gasteiger partial charge on any atom is 0.261 e. The Labute approximate surface area is 118 Å². The van der Waals surface area contributed by atoms with Crippen LogP contribution in [0, 0.1) is 18.6 Å². The van der Waals surface area contributed by atoms with E-state index in [1.165, 1.54) is 6.07 Å². The van der Waals surface area contributed by atoms with Gasteiger partial charge < -0.3 is 9.63 Å². The maximum absolute atomic E-state index is 13.2. The second-order valence-electron chi connectivity index (χ2n) is 4.57. The zero-order valence-corrected chi connectivity index (χ0v) is 11.0. The van der Waals surface area contributed by atoms with Crippen LogP contribution in [0.3, 0.4) is 0 Å². The van der Waals surface area contributed by atoms with E-state index in [1.54, 1.807) is 18.2 Å². The van der Waals surface area contributed by atoms with Gasteiger partial charge in [0.15, 0.2) is 11.6 Å². The lowest BCUT2D eigenvalue weighted by Crippen LogP contribution is -1.87. The van der Waals surface area contributed by atoms with E-state index in [1.807, 2.05) is 6.92 Å². The summed E-state index contributed by atoms with van der Waals surface area (Å²) in [6.45, 7) is 1.84. The predicted octanol–water partition coefficient (Wildman–Crippen LogP) is 3.70. The van der Waals surface area contributed by atoms with Gasteiger partial charge in [-0.25, -0.2) is 8.78 Å². The van der Waals surface area contributed by atoms with Crippen LogP contribution in [0.1, 0.15) is 5.56 Å². The van der Waals surface area contributed by atoms with E-state index in [2.05, 4.69) is 10.1 Å². The van der Waals surface area contributed by atoms with Crippen molar-refractivity contribution in [1.82, 2.24) is 10.1 Å². The van der Waals surface area contributed by atoms with E-state index in [0.29, 0.717) is 5.56 Å². The van der Waals surface area contributed by atoms with Crippen molar-refractivity contribution in [1.29, 1.82) is 0 Å². The predicted molar refractivity (Wildman–Crippen MR) is 71.5 cm³/mol. The first kappa shape index (κ1) is 13.2. The number of phenolic OH excluding ortho intramolecular Hbond substituents is 1. The van der Waals surface area contributed by atoms with E-state index in [-0.39, 0.29) is 23.0 Å². The molecule has 6 heteroatoms. The molecule has 1 N–H and O–H groups in total. The van der Waals surface area contributed by atoms with Crippen molar-refractivity contribution in [2.24, 2.45) is 0 Å². The first-order valence-electron chi connectivity index (χ1n) is 6.14.